The highest BCUT2D eigenvalue weighted by molar-refractivity contribution is 9.10. The summed E-state index contributed by atoms with van der Waals surface area (Å²) in [6.45, 7) is 2.18. The van der Waals surface area contributed by atoms with Gasteiger partial charge in [0.1, 0.15) is 0 Å². The Balaban J connectivity index is 1.85. The van der Waals surface area contributed by atoms with Crippen molar-refractivity contribution in [3.05, 3.63) is 87.4 Å². The molecular formula is C20H15Br. The zero-order valence-corrected chi connectivity index (χ0v) is 13.4. The SMILES string of the molecule is Cc1c(Br)ccc2c1C=CC2c1ccc2ccccc2c1. The fourth-order valence-corrected chi connectivity index (χ4v) is 3.55. The summed E-state index contributed by atoms with van der Waals surface area (Å²) < 4.78 is 1.19. The topological polar surface area (TPSA) is 0 Å². The Hall–Kier alpha value is -1.86. The predicted molar refractivity (Wildman–Crippen MR) is 93.7 cm³/mol. The van der Waals surface area contributed by atoms with Crippen LogP contribution < -0.4 is 0 Å². The van der Waals surface area contributed by atoms with E-state index in [1.54, 1.807) is 0 Å². The van der Waals surface area contributed by atoms with Gasteiger partial charge >= 0.3 is 0 Å². The molecular weight excluding hydrogens is 320 g/mol. The van der Waals surface area contributed by atoms with Crippen LogP contribution in [0.2, 0.25) is 0 Å². The largest absolute Gasteiger partial charge is 0.0720 e. The molecule has 0 aliphatic heterocycles. The van der Waals surface area contributed by atoms with Gasteiger partial charge in [-0.2, -0.15) is 0 Å². The van der Waals surface area contributed by atoms with Crippen molar-refractivity contribution in [2.24, 2.45) is 0 Å². The van der Waals surface area contributed by atoms with Gasteiger partial charge in [0.2, 0.25) is 0 Å². The van der Waals surface area contributed by atoms with E-state index in [4.69, 9.17) is 0 Å². The Bertz CT molecular complexity index is 874. The quantitative estimate of drug-likeness (QED) is 0.506. The van der Waals surface area contributed by atoms with E-state index >= 15 is 0 Å². The van der Waals surface area contributed by atoms with Crippen LogP contribution in [-0.2, 0) is 0 Å². The molecule has 0 heterocycles. The Morgan fingerprint density at radius 3 is 2.57 bits per heavy atom. The van der Waals surface area contributed by atoms with Crippen molar-refractivity contribution in [2.45, 2.75) is 12.8 Å². The minimum Gasteiger partial charge on any atom is -0.0720 e. The number of halogens is 1. The van der Waals surface area contributed by atoms with Crippen LogP contribution >= 0.6 is 15.9 Å². The van der Waals surface area contributed by atoms with E-state index in [1.165, 1.54) is 37.5 Å². The number of hydrogen-bond acceptors (Lipinski definition) is 0. The van der Waals surface area contributed by atoms with Crippen LogP contribution in [-0.4, -0.2) is 0 Å². The standard InChI is InChI=1S/C20H15Br/c1-13-17-8-9-18(19(17)10-11-20(13)21)16-7-6-14-4-2-3-5-15(14)12-16/h2-12,18H,1H3. The van der Waals surface area contributed by atoms with Gasteiger partial charge in [-0.05, 0) is 46.0 Å². The summed E-state index contributed by atoms with van der Waals surface area (Å²) >= 11 is 3.62. The average molecular weight is 335 g/mol. The lowest BCUT2D eigenvalue weighted by Crippen LogP contribution is -1.97. The van der Waals surface area contributed by atoms with Crippen LogP contribution in [0.15, 0.2) is 65.1 Å². The highest BCUT2D eigenvalue weighted by Crippen LogP contribution is 2.39. The van der Waals surface area contributed by atoms with E-state index in [0.29, 0.717) is 5.92 Å². The van der Waals surface area contributed by atoms with Gasteiger partial charge < -0.3 is 0 Å². The van der Waals surface area contributed by atoms with Crippen LogP contribution in [0, 0.1) is 6.92 Å². The summed E-state index contributed by atoms with van der Waals surface area (Å²) in [4.78, 5) is 0. The smallest absolute Gasteiger partial charge is 0.0279 e. The second kappa shape index (κ2) is 4.85. The summed E-state index contributed by atoms with van der Waals surface area (Å²) in [5.74, 6) is 0.372. The Morgan fingerprint density at radius 1 is 0.905 bits per heavy atom. The first-order chi connectivity index (χ1) is 10.2. The molecule has 0 fully saturated rings. The highest BCUT2D eigenvalue weighted by Gasteiger charge is 2.21. The molecule has 0 N–H and O–H groups in total. The van der Waals surface area contributed by atoms with E-state index in [-0.39, 0.29) is 0 Å². The zero-order chi connectivity index (χ0) is 14.4. The molecule has 0 saturated heterocycles. The molecule has 3 aromatic rings. The first kappa shape index (κ1) is 12.8. The van der Waals surface area contributed by atoms with Crippen LogP contribution in [0.25, 0.3) is 16.8 Å². The summed E-state index contributed by atoms with van der Waals surface area (Å²) in [5.41, 5.74) is 5.46. The van der Waals surface area contributed by atoms with Crippen molar-refractivity contribution in [1.29, 1.82) is 0 Å². The first-order valence-corrected chi connectivity index (χ1v) is 7.99. The van der Waals surface area contributed by atoms with Crippen molar-refractivity contribution < 1.29 is 0 Å². The number of rotatable bonds is 1. The molecule has 1 unspecified atom stereocenters. The maximum atomic E-state index is 3.62. The number of allylic oxidation sites excluding steroid dienone is 1. The molecule has 102 valence electrons. The van der Waals surface area contributed by atoms with E-state index in [2.05, 4.69) is 89.6 Å². The molecule has 0 spiro atoms. The minimum absolute atomic E-state index is 0.372. The van der Waals surface area contributed by atoms with Gasteiger partial charge in [-0.1, -0.05) is 76.6 Å². The Morgan fingerprint density at radius 2 is 1.71 bits per heavy atom. The van der Waals surface area contributed by atoms with E-state index in [0.717, 1.165) is 0 Å². The maximum Gasteiger partial charge on any atom is 0.0279 e. The van der Waals surface area contributed by atoms with Gasteiger partial charge in [0.15, 0.2) is 0 Å². The second-order valence-corrected chi connectivity index (χ2v) is 6.47. The molecule has 3 aromatic carbocycles. The first-order valence-electron chi connectivity index (χ1n) is 7.20. The minimum atomic E-state index is 0.372. The lowest BCUT2D eigenvalue weighted by Gasteiger charge is -2.14. The number of hydrogen-bond donors (Lipinski definition) is 0. The molecule has 1 atom stereocenters. The summed E-state index contributed by atoms with van der Waals surface area (Å²) in [7, 11) is 0. The molecule has 0 radical (unpaired) electrons. The molecule has 0 bridgehead atoms. The summed E-state index contributed by atoms with van der Waals surface area (Å²) in [6, 6.07) is 19.7. The fourth-order valence-electron chi connectivity index (χ4n) is 3.20. The van der Waals surface area contributed by atoms with Crippen LogP contribution in [0.1, 0.15) is 28.2 Å². The zero-order valence-electron chi connectivity index (χ0n) is 11.8. The van der Waals surface area contributed by atoms with Crippen molar-refractivity contribution in [2.75, 3.05) is 0 Å². The predicted octanol–water partition coefficient (Wildman–Crippen LogP) is 6.07. The van der Waals surface area contributed by atoms with Gasteiger partial charge in [-0.3, -0.25) is 0 Å². The van der Waals surface area contributed by atoms with Gasteiger partial charge in [0.05, 0.1) is 0 Å². The lowest BCUT2D eigenvalue weighted by molar-refractivity contribution is 1.05. The molecule has 0 aromatic heterocycles. The Kier molecular flexibility index (Phi) is 2.97. The number of benzene rings is 3. The van der Waals surface area contributed by atoms with Gasteiger partial charge in [0, 0.05) is 10.4 Å². The fraction of sp³-hybridized carbons (Fsp3) is 0.100. The van der Waals surface area contributed by atoms with Crippen molar-refractivity contribution in [3.8, 4) is 0 Å². The Labute approximate surface area is 133 Å². The molecule has 0 saturated carbocycles. The van der Waals surface area contributed by atoms with Crippen molar-refractivity contribution in [3.63, 3.8) is 0 Å². The second-order valence-electron chi connectivity index (χ2n) is 5.62. The average Bonchev–Trinajstić information content (AvgIpc) is 2.95. The molecule has 0 amide bonds. The third-order valence-corrected chi connectivity index (χ3v) is 5.26. The van der Waals surface area contributed by atoms with Gasteiger partial charge in [-0.15, -0.1) is 0 Å². The van der Waals surface area contributed by atoms with E-state index < -0.39 is 0 Å². The van der Waals surface area contributed by atoms with Crippen LogP contribution in [0.4, 0.5) is 0 Å². The molecule has 1 aliphatic rings. The molecule has 0 nitrogen and oxygen atoms in total. The monoisotopic (exact) mass is 334 g/mol. The van der Waals surface area contributed by atoms with Gasteiger partial charge in [0.25, 0.3) is 0 Å². The van der Waals surface area contributed by atoms with E-state index in [1.807, 2.05) is 0 Å². The van der Waals surface area contributed by atoms with Crippen LogP contribution in [0.5, 0.6) is 0 Å². The normalized spacial score (nSPS) is 16.4. The maximum absolute atomic E-state index is 3.62. The summed E-state index contributed by atoms with van der Waals surface area (Å²) in [5, 5.41) is 2.61. The molecule has 1 heteroatoms. The third-order valence-electron chi connectivity index (χ3n) is 4.41. The third kappa shape index (κ3) is 2.04. The summed E-state index contributed by atoms with van der Waals surface area (Å²) in [6.07, 6.45) is 4.57. The number of fused-ring (bicyclic) bond motifs is 2. The van der Waals surface area contributed by atoms with Crippen molar-refractivity contribution in [1.82, 2.24) is 0 Å². The van der Waals surface area contributed by atoms with Gasteiger partial charge in [-0.25, -0.2) is 0 Å². The lowest BCUT2D eigenvalue weighted by atomic mass is 9.90. The van der Waals surface area contributed by atoms with Crippen LogP contribution in [0.3, 0.4) is 0 Å². The molecule has 1 aliphatic carbocycles. The molecule has 4 rings (SSSR count). The van der Waals surface area contributed by atoms with Crippen molar-refractivity contribution >= 4 is 32.8 Å². The van der Waals surface area contributed by atoms with E-state index in [9.17, 15) is 0 Å². The molecule has 21 heavy (non-hydrogen) atoms. The highest BCUT2D eigenvalue weighted by atomic mass is 79.9.